The lowest BCUT2D eigenvalue weighted by atomic mass is 10.2. The van der Waals surface area contributed by atoms with E-state index in [1.54, 1.807) is 17.5 Å². The number of aromatic nitrogens is 1. The minimum Gasteiger partial charge on any atom is -0.460 e. The third kappa shape index (κ3) is 5.72. The Balaban J connectivity index is 1.44. The van der Waals surface area contributed by atoms with Gasteiger partial charge in [0.1, 0.15) is 24.0 Å². The molecule has 0 spiro atoms. The number of rotatable bonds is 7. The third-order valence-corrected chi connectivity index (χ3v) is 4.60. The quantitative estimate of drug-likeness (QED) is 0.635. The lowest BCUT2D eigenvalue weighted by Crippen LogP contribution is -2.31. The second-order valence-electron chi connectivity index (χ2n) is 5.75. The Hall–Kier alpha value is -3.06. The summed E-state index contributed by atoms with van der Waals surface area (Å²) in [5, 5.41) is 5.00. The number of halogens is 1. The molecule has 1 aromatic heterocycles. The number of amides is 1. The summed E-state index contributed by atoms with van der Waals surface area (Å²) in [7, 11) is 0. The molecule has 7 heteroatoms. The number of hydrogen-bond acceptors (Lipinski definition) is 5. The van der Waals surface area contributed by atoms with Gasteiger partial charge in [-0.3, -0.25) is 9.59 Å². The van der Waals surface area contributed by atoms with Crippen LogP contribution in [0.25, 0.3) is 10.6 Å². The van der Waals surface area contributed by atoms with Crippen LogP contribution in [0, 0.1) is 5.82 Å². The molecule has 0 saturated carbocycles. The average Bonchev–Trinajstić information content (AvgIpc) is 3.14. The second-order valence-corrected chi connectivity index (χ2v) is 6.61. The van der Waals surface area contributed by atoms with Gasteiger partial charge in [-0.2, -0.15) is 0 Å². The summed E-state index contributed by atoms with van der Waals surface area (Å²) in [5.74, 6) is -1.13. The number of nitrogens with one attached hydrogen (secondary N) is 1. The molecule has 0 bridgehead atoms. The molecule has 1 N–H and O–H groups in total. The normalized spacial score (nSPS) is 10.4. The number of carbonyl (C=O) groups excluding carboxylic acids is 2. The van der Waals surface area contributed by atoms with E-state index in [1.165, 1.54) is 23.5 Å². The maximum absolute atomic E-state index is 13.0. The van der Waals surface area contributed by atoms with E-state index >= 15 is 0 Å². The van der Waals surface area contributed by atoms with E-state index in [9.17, 15) is 14.0 Å². The highest BCUT2D eigenvalue weighted by molar-refractivity contribution is 7.13. The van der Waals surface area contributed by atoms with Crippen LogP contribution in [0.4, 0.5) is 4.39 Å². The minimum absolute atomic E-state index is 0.0592. The minimum atomic E-state index is -0.502. The Kier molecular flexibility index (Phi) is 6.27. The summed E-state index contributed by atoms with van der Waals surface area (Å²) in [6, 6.07) is 15.3. The van der Waals surface area contributed by atoms with E-state index in [4.69, 9.17) is 4.74 Å². The van der Waals surface area contributed by atoms with Crippen LogP contribution in [0.15, 0.2) is 60.0 Å². The summed E-state index contributed by atoms with van der Waals surface area (Å²) >= 11 is 1.38. The summed E-state index contributed by atoms with van der Waals surface area (Å²) in [6.45, 7) is -0.0245. The fourth-order valence-corrected chi connectivity index (χ4v) is 3.13. The first-order valence-corrected chi connectivity index (χ1v) is 9.15. The molecule has 0 aliphatic heterocycles. The Morgan fingerprint density at radius 2 is 1.81 bits per heavy atom. The Morgan fingerprint density at radius 3 is 2.56 bits per heavy atom. The van der Waals surface area contributed by atoms with Gasteiger partial charge in [0, 0.05) is 10.9 Å². The Bertz CT molecular complexity index is 910. The molecule has 0 radical (unpaired) electrons. The average molecular weight is 384 g/mol. The van der Waals surface area contributed by atoms with Crippen LogP contribution in [0.2, 0.25) is 0 Å². The standard InChI is InChI=1S/C20H17FN2O3S/c21-16-8-6-15(7-9-16)20-23-17(13-27-20)10-18(24)22-11-19(25)26-12-14-4-2-1-3-5-14/h1-9,13H,10-12H2,(H,22,24). The van der Waals surface area contributed by atoms with Crippen molar-refractivity contribution >= 4 is 23.2 Å². The molecule has 138 valence electrons. The van der Waals surface area contributed by atoms with Gasteiger partial charge in [0.15, 0.2) is 0 Å². The van der Waals surface area contributed by atoms with Crippen molar-refractivity contribution in [3.8, 4) is 10.6 Å². The zero-order chi connectivity index (χ0) is 19.1. The van der Waals surface area contributed by atoms with Gasteiger partial charge in [-0.05, 0) is 29.8 Å². The first-order valence-electron chi connectivity index (χ1n) is 8.27. The monoisotopic (exact) mass is 384 g/mol. The van der Waals surface area contributed by atoms with Crippen molar-refractivity contribution in [2.75, 3.05) is 6.54 Å². The Labute approximate surface area is 159 Å². The number of nitrogens with zero attached hydrogens (tertiary/aromatic N) is 1. The number of carbonyl (C=O) groups is 2. The van der Waals surface area contributed by atoms with Gasteiger partial charge in [-0.1, -0.05) is 30.3 Å². The summed E-state index contributed by atoms with van der Waals surface area (Å²) < 4.78 is 18.1. The van der Waals surface area contributed by atoms with Crippen molar-refractivity contribution in [3.63, 3.8) is 0 Å². The zero-order valence-corrected chi connectivity index (χ0v) is 15.2. The van der Waals surface area contributed by atoms with E-state index in [-0.39, 0.29) is 31.3 Å². The van der Waals surface area contributed by atoms with E-state index < -0.39 is 5.97 Å². The van der Waals surface area contributed by atoms with Gasteiger partial charge in [-0.15, -0.1) is 11.3 Å². The number of esters is 1. The molecule has 27 heavy (non-hydrogen) atoms. The highest BCUT2D eigenvalue weighted by atomic mass is 32.1. The van der Waals surface area contributed by atoms with Crippen molar-refractivity contribution in [3.05, 3.63) is 77.1 Å². The lowest BCUT2D eigenvalue weighted by molar-refractivity contribution is -0.145. The highest BCUT2D eigenvalue weighted by Gasteiger charge is 2.11. The molecule has 0 unspecified atom stereocenters. The van der Waals surface area contributed by atoms with Crippen LogP contribution in [0.5, 0.6) is 0 Å². The summed E-state index contributed by atoms with van der Waals surface area (Å²) in [4.78, 5) is 28.1. The van der Waals surface area contributed by atoms with Gasteiger partial charge in [0.25, 0.3) is 0 Å². The SMILES string of the molecule is O=C(Cc1csc(-c2ccc(F)cc2)n1)NCC(=O)OCc1ccccc1. The van der Waals surface area contributed by atoms with Crippen LogP contribution in [-0.4, -0.2) is 23.4 Å². The molecular weight excluding hydrogens is 367 g/mol. The highest BCUT2D eigenvalue weighted by Crippen LogP contribution is 2.24. The maximum Gasteiger partial charge on any atom is 0.325 e. The fraction of sp³-hybridized carbons (Fsp3) is 0.150. The van der Waals surface area contributed by atoms with E-state index in [2.05, 4.69) is 10.3 Å². The molecule has 0 saturated heterocycles. The smallest absolute Gasteiger partial charge is 0.325 e. The molecule has 3 rings (SSSR count). The Morgan fingerprint density at radius 1 is 1.07 bits per heavy atom. The largest absolute Gasteiger partial charge is 0.460 e. The predicted octanol–water partition coefficient (Wildman–Crippen LogP) is 3.35. The first-order chi connectivity index (χ1) is 13.1. The molecule has 0 fully saturated rings. The maximum atomic E-state index is 13.0. The van der Waals surface area contributed by atoms with Crippen molar-refractivity contribution in [2.45, 2.75) is 13.0 Å². The molecule has 1 heterocycles. The molecule has 2 aromatic carbocycles. The number of ether oxygens (including phenoxy) is 1. The van der Waals surface area contributed by atoms with E-state index in [1.807, 2.05) is 30.3 Å². The van der Waals surface area contributed by atoms with Crippen molar-refractivity contribution in [2.24, 2.45) is 0 Å². The molecule has 0 atom stereocenters. The summed E-state index contributed by atoms with van der Waals surface area (Å²) in [5.41, 5.74) is 2.26. The molecular formula is C20H17FN2O3S. The fourth-order valence-electron chi connectivity index (χ4n) is 2.30. The summed E-state index contributed by atoms with van der Waals surface area (Å²) in [6.07, 6.45) is 0.0592. The van der Waals surface area contributed by atoms with Crippen LogP contribution in [0.1, 0.15) is 11.3 Å². The van der Waals surface area contributed by atoms with E-state index in [0.29, 0.717) is 10.7 Å². The van der Waals surface area contributed by atoms with Crippen LogP contribution in [-0.2, 0) is 27.4 Å². The van der Waals surface area contributed by atoms with Crippen molar-refractivity contribution in [1.29, 1.82) is 0 Å². The van der Waals surface area contributed by atoms with Gasteiger partial charge in [-0.25, -0.2) is 9.37 Å². The van der Waals surface area contributed by atoms with Crippen LogP contribution < -0.4 is 5.32 Å². The van der Waals surface area contributed by atoms with Gasteiger partial charge in [0.05, 0.1) is 12.1 Å². The lowest BCUT2D eigenvalue weighted by Gasteiger charge is -2.06. The molecule has 0 aliphatic rings. The van der Waals surface area contributed by atoms with Gasteiger partial charge >= 0.3 is 5.97 Å². The van der Waals surface area contributed by atoms with Crippen LogP contribution in [0.3, 0.4) is 0 Å². The zero-order valence-electron chi connectivity index (χ0n) is 14.4. The van der Waals surface area contributed by atoms with Crippen molar-refractivity contribution in [1.82, 2.24) is 10.3 Å². The predicted molar refractivity (Wildman–Crippen MR) is 100 cm³/mol. The second kappa shape index (κ2) is 9.05. The van der Waals surface area contributed by atoms with Gasteiger partial charge < -0.3 is 10.1 Å². The van der Waals surface area contributed by atoms with Gasteiger partial charge in [0.2, 0.25) is 5.91 Å². The number of hydrogen-bond donors (Lipinski definition) is 1. The molecule has 0 aliphatic carbocycles. The van der Waals surface area contributed by atoms with Crippen LogP contribution >= 0.6 is 11.3 Å². The van der Waals surface area contributed by atoms with Crippen molar-refractivity contribution < 1.29 is 18.7 Å². The van der Waals surface area contributed by atoms with E-state index in [0.717, 1.165) is 11.1 Å². The first kappa shape index (κ1) is 18.7. The topological polar surface area (TPSA) is 68.3 Å². The number of benzene rings is 2. The third-order valence-electron chi connectivity index (χ3n) is 3.66. The number of thiazole rings is 1. The molecule has 3 aromatic rings. The molecule has 1 amide bonds. The molecule has 5 nitrogen and oxygen atoms in total.